The summed E-state index contributed by atoms with van der Waals surface area (Å²) in [5.41, 5.74) is 0.102. The summed E-state index contributed by atoms with van der Waals surface area (Å²) in [6.07, 6.45) is 0. The molecular formula is C10H15FN2O4S. The number of nitrogens with zero attached hydrogens (tertiary/aromatic N) is 1. The predicted molar refractivity (Wildman–Crippen MR) is 64.2 cm³/mol. The summed E-state index contributed by atoms with van der Waals surface area (Å²) in [5.74, 6) is -0.775. The second kappa shape index (κ2) is 6.10. The van der Waals surface area contributed by atoms with Crippen molar-refractivity contribution in [2.24, 2.45) is 5.14 Å². The Morgan fingerprint density at radius 2 is 1.78 bits per heavy atom. The molecule has 0 fully saturated rings. The lowest BCUT2D eigenvalue weighted by Crippen LogP contribution is -2.30. The van der Waals surface area contributed by atoms with E-state index in [1.807, 2.05) is 0 Å². The van der Waals surface area contributed by atoms with Crippen LogP contribution in [0.5, 0.6) is 0 Å². The van der Waals surface area contributed by atoms with Gasteiger partial charge in [-0.2, -0.15) is 0 Å². The van der Waals surface area contributed by atoms with Gasteiger partial charge >= 0.3 is 0 Å². The molecule has 0 radical (unpaired) electrons. The van der Waals surface area contributed by atoms with Crippen LogP contribution in [0.2, 0.25) is 0 Å². The van der Waals surface area contributed by atoms with Gasteiger partial charge in [-0.15, -0.1) is 0 Å². The smallest absolute Gasteiger partial charge is 0.238 e. The number of halogens is 1. The van der Waals surface area contributed by atoms with Gasteiger partial charge in [-0.1, -0.05) is 0 Å². The summed E-state index contributed by atoms with van der Waals surface area (Å²) >= 11 is 0. The van der Waals surface area contributed by atoms with Gasteiger partial charge in [0, 0.05) is 13.1 Å². The molecule has 0 atom stereocenters. The Morgan fingerprint density at radius 3 is 2.17 bits per heavy atom. The van der Waals surface area contributed by atoms with E-state index < -0.39 is 15.8 Å². The maximum Gasteiger partial charge on any atom is 0.238 e. The summed E-state index contributed by atoms with van der Waals surface area (Å²) in [7, 11) is -3.95. The molecule has 1 rings (SSSR count). The fraction of sp³-hybridized carbons (Fsp3) is 0.400. The highest BCUT2D eigenvalue weighted by Crippen LogP contribution is 2.21. The number of aliphatic hydroxyl groups excluding tert-OH is 2. The molecule has 0 bridgehead atoms. The van der Waals surface area contributed by atoms with Crippen LogP contribution in [0.1, 0.15) is 0 Å². The van der Waals surface area contributed by atoms with E-state index in [9.17, 15) is 12.8 Å². The zero-order valence-corrected chi connectivity index (χ0v) is 10.4. The summed E-state index contributed by atoms with van der Waals surface area (Å²) in [6.45, 7) is -0.162. The topological polar surface area (TPSA) is 104 Å². The van der Waals surface area contributed by atoms with E-state index in [1.54, 1.807) is 0 Å². The zero-order valence-electron chi connectivity index (χ0n) is 9.58. The molecule has 8 heteroatoms. The predicted octanol–water partition coefficient (Wildman–Crippen LogP) is -0.736. The first-order valence-corrected chi connectivity index (χ1v) is 6.74. The van der Waals surface area contributed by atoms with Gasteiger partial charge in [0.25, 0.3) is 0 Å². The molecule has 0 aliphatic heterocycles. The number of nitrogens with two attached hydrogens (primary N) is 1. The van der Waals surface area contributed by atoms with Crippen LogP contribution in [-0.4, -0.2) is 44.9 Å². The number of sulfonamides is 1. The Morgan fingerprint density at radius 1 is 1.22 bits per heavy atom. The maximum atomic E-state index is 13.8. The van der Waals surface area contributed by atoms with E-state index in [-0.39, 0.29) is 36.9 Å². The van der Waals surface area contributed by atoms with Gasteiger partial charge in [-0.3, -0.25) is 0 Å². The monoisotopic (exact) mass is 278 g/mol. The molecular weight excluding hydrogens is 263 g/mol. The molecule has 0 saturated heterocycles. The van der Waals surface area contributed by atoms with Crippen LogP contribution in [0.4, 0.5) is 10.1 Å². The molecule has 0 unspecified atom stereocenters. The first kappa shape index (κ1) is 14.8. The van der Waals surface area contributed by atoms with Gasteiger partial charge in [0.15, 0.2) is 0 Å². The number of anilines is 1. The van der Waals surface area contributed by atoms with Gasteiger partial charge in [-0.25, -0.2) is 17.9 Å². The van der Waals surface area contributed by atoms with E-state index in [2.05, 4.69) is 0 Å². The van der Waals surface area contributed by atoms with E-state index >= 15 is 0 Å². The number of hydrogen-bond acceptors (Lipinski definition) is 5. The molecule has 18 heavy (non-hydrogen) atoms. The van der Waals surface area contributed by atoms with E-state index in [4.69, 9.17) is 15.4 Å². The molecule has 6 nitrogen and oxygen atoms in total. The number of aliphatic hydroxyl groups is 2. The van der Waals surface area contributed by atoms with Gasteiger partial charge in [-0.05, 0) is 18.2 Å². The van der Waals surface area contributed by atoms with Crippen LogP contribution in [0, 0.1) is 5.82 Å². The van der Waals surface area contributed by atoms with Crippen LogP contribution in [0.3, 0.4) is 0 Å². The van der Waals surface area contributed by atoms with Crippen molar-refractivity contribution < 1.29 is 23.0 Å². The Hall–Kier alpha value is -1.22. The second-order valence-corrected chi connectivity index (χ2v) is 5.15. The molecule has 0 saturated carbocycles. The lowest BCUT2D eigenvalue weighted by Gasteiger charge is -2.23. The van der Waals surface area contributed by atoms with Crippen LogP contribution < -0.4 is 10.0 Å². The third kappa shape index (κ3) is 3.64. The van der Waals surface area contributed by atoms with Crippen molar-refractivity contribution >= 4 is 15.7 Å². The first-order valence-electron chi connectivity index (χ1n) is 5.19. The highest BCUT2D eigenvalue weighted by molar-refractivity contribution is 7.89. The normalized spacial score (nSPS) is 11.6. The van der Waals surface area contributed by atoms with Crippen molar-refractivity contribution in [3.63, 3.8) is 0 Å². The minimum absolute atomic E-state index is 0.102. The molecule has 0 amide bonds. The van der Waals surface area contributed by atoms with Crippen molar-refractivity contribution in [3.8, 4) is 0 Å². The summed E-state index contributed by atoms with van der Waals surface area (Å²) in [5, 5.41) is 22.6. The summed E-state index contributed by atoms with van der Waals surface area (Å²) < 4.78 is 35.8. The fourth-order valence-corrected chi connectivity index (χ4v) is 2.04. The Kier molecular flexibility index (Phi) is 5.03. The van der Waals surface area contributed by atoms with Gasteiger partial charge in [0.1, 0.15) is 5.82 Å². The summed E-state index contributed by atoms with van der Waals surface area (Å²) in [6, 6.07) is 3.24. The van der Waals surface area contributed by atoms with Crippen LogP contribution in [-0.2, 0) is 10.0 Å². The summed E-state index contributed by atoms with van der Waals surface area (Å²) in [4.78, 5) is 1.08. The average Bonchev–Trinajstić information content (AvgIpc) is 2.27. The zero-order chi connectivity index (χ0) is 13.8. The second-order valence-electron chi connectivity index (χ2n) is 3.59. The minimum Gasteiger partial charge on any atom is -0.395 e. The first-order chi connectivity index (χ1) is 8.40. The molecule has 1 aromatic rings. The van der Waals surface area contributed by atoms with E-state index in [0.29, 0.717) is 0 Å². The number of hydrogen-bond donors (Lipinski definition) is 3. The molecule has 0 aromatic heterocycles. The average molecular weight is 278 g/mol. The maximum absolute atomic E-state index is 13.8. The van der Waals surface area contributed by atoms with Crippen LogP contribution >= 0.6 is 0 Å². The molecule has 0 aliphatic rings. The van der Waals surface area contributed by atoms with Gasteiger partial charge in [0.2, 0.25) is 10.0 Å². The van der Waals surface area contributed by atoms with Crippen molar-refractivity contribution in [3.05, 3.63) is 24.0 Å². The quantitative estimate of drug-likeness (QED) is 0.636. The Bertz CT molecular complexity index is 501. The number of primary sulfonamides is 1. The van der Waals surface area contributed by atoms with Crippen molar-refractivity contribution in [1.29, 1.82) is 0 Å². The molecule has 0 spiro atoms. The third-order valence-corrected chi connectivity index (χ3v) is 3.24. The lowest BCUT2D eigenvalue weighted by atomic mass is 10.2. The molecule has 4 N–H and O–H groups in total. The molecule has 1 aromatic carbocycles. The van der Waals surface area contributed by atoms with Crippen molar-refractivity contribution in [2.45, 2.75) is 4.90 Å². The van der Waals surface area contributed by atoms with Gasteiger partial charge in [0.05, 0.1) is 23.8 Å². The SMILES string of the molecule is NS(=O)(=O)c1ccc(N(CCO)CCO)c(F)c1. The number of rotatable bonds is 6. The number of benzene rings is 1. The Balaban J connectivity index is 3.10. The highest BCUT2D eigenvalue weighted by Gasteiger charge is 2.15. The van der Waals surface area contributed by atoms with Crippen molar-refractivity contribution in [2.75, 3.05) is 31.2 Å². The van der Waals surface area contributed by atoms with Gasteiger partial charge < -0.3 is 15.1 Å². The standard InChI is InChI=1S/C10H15FN2O4S/c11-9-7-8(18(12,16)17)1-2-10(9)13(3-5-14)4-6-15/h1-2,7,14-15H,3-6H2,(H2,12,16,17). The van der Waals surface area contributed by atoms with E-state index in [1.165, 1.54) is 17.0 Å². The third-order valence-electron chi connectivity index (χ3n) is 2.33. The minimum atomic E-state index is -3.95. The molecule has 102 valence electrons. The molecule has 0 heterocycles. The van der Waals surface area contributed by atoms with Crippen LogP contribution in [0.15, 0.2) is 23.1 Å². The lowest BCUT2D eigenvalue weighted by molar-refractivity contribution is 0.280. The van der Waals surface area contributed by atoms with Crippen LogP contribution in [0.25, 0.3) is 0 Å². The highest BCUT2D eigenvalue weighted by atomic mass is 32.2. The van der Waals surface area contributed by atoms with E-state index in [0.717, 1.165) is 6.07 Å². The van der Waals surface area contributed by atoms with Crippen molar-refractivity contribution in [1.82, 2.24) is 0 Å². The fourth-order valence-electron chi connectivity index (χ4n) is 1.52. The largest absolute Gasteiger partial charge is 0.395 e. The molecule has 0 aliphatic carbocycles. The Labute approximate surface area is 105 Å².